The summed E-state index contributed by atoms with van der Waals surface area (Å²) in [4.78, 5) is 14.0. The van der Waals surface area contributed by atoms with Crippen molar-refractivity contribution in [3.05, 3.63) is 71.0 Å². The van der Waals surface area contributed by atoms with Crippen LogP contribution in [-0.2, 0) is 6.18 Å². The van der Waals surface area contributed by atoms with Crippen molar-refractivity contribution in [1.29, 1.82) is 0 Å². The molecule has 1 N–H and O–H groups in total. The van der Waals surface area contributed by atoms with E-state index in [1.54, 1.807) is 0 Å². The molecule has 0 radical (unpaired) electrons. The molecule has 0 unspecified atom stereocenters. The van der Waals surface area contributed by atoms with Crippen molar-refractivity contribution in [2.24, 2.45) is 5.92 Å². The van der Waals surface area contributed by atoms with Gasteiger partial charge in [0.25, 0.3) is 5.91 Å². The summed E-state index contributed by atoms with van der Waals surface area (Å²) < 4.78 is 51.9. The predicted octanol–water partition coefficient (Wildman–Crippen LogP) is 4.43. The maximum Gasteiger partial charge on any atom is 0.419 e. The van der Waals surface area contributed by atoms with Gasteiger partial charge in [-0.1, -0.05) is 30.3 Å². The van der Waals surface area contributed by atoms with Gasteiger partial charge in [0.2, 0.25) is 0 Å². The molecule has 0 bridgehead atoms. The molecule has 0 saturated carbocycles. The van der Waals surface area contributed by atoms with E-state index < -0.39 is 29.6 Å². The number of aliphatic hydroxyl groups is 1. The Morgan fingerprint density at radius 2 is 1.70 bits per heavy atom. The third-order valence-corrected chi connectivity index (χ3v) is 4.93. The number of amides is 1. The Morgan fingerprint density at radius 1 is 1.07 bits per heavy atom. The highest BCUT2D eigenvalue weighted by Crippen LogP contribution is 2.33. The number of carbonyl (C=O) groups excluding carboxylic acids is 1. The fraction of sp³-hybridized carbons (Fsp3) is 0.350. The zero-order chi connectivity index (χ0) is 19.6. The van der Waals surface area contributed by atoms with E-state index in [0.29, 0.717) is 38.1 Å². The van der Waals surface area contributed by atoms with Crippen LogP contribution in [0.25, 0.3) is 0 Å². The molecule has 0 aliphatic carbocycles. The number of likely N-dealkylation sites (tertiary alicyclic amines) is 1. The van der Waals surface area contributed by atoms with E-state index in [1.165, 1.54) is 4.90 Å². The van der Waals surface area contributed by atoms with Crippen LogP contribution in [-0.4, -0.2) is 29.0 Å². The van der Waals surface area contributed by atoms with E-state index in [-0.39, 0.29) is 11.5 Å². The number of nitrogens with zero attached hydrogens (tertiary/aromatic N) is 1. The first-order valence-corrected chi connectivity index (χ1v) is 8.66. The lowest BCUT2D eigenvalue weighted by Crippen LogP contribution is -2.39. The molecular formula is C20H19F4NO2. The van der Waals surface area contributed by atoms with Crippen LogP contribution in [0.2, 0.25) is 0 Å². The minimum Gasteiger partial charge on any atom is -0.388 e. The number of piperidine rings is 1. The number of benzene rings is 2. The maximum absolute atomic E-state index is 13.4. The number of alkyl halides is 3. The molecule has 1 aliphatic rings. The van der Waals surface area contributed by atoms with E-state index in [2.05, 4.69) is 0 Å². The molecule has 0 spiro atoms. The van der Waals surface area contributed by atoms with Gasteiger partial charge in [-0.15, -0.1) is 0 Å². The molecule has 7 heteroatoms. The second-order valence-electron chi connectivity index (χ2n) is 6.68. The van der Waals surface area contributed by atoms with Crippen LogP contribution < -0.4 is 0 Å². The summed E-state index contributed by atoms with van der Waals surface area (Å²) in [6.45, 7) is 0.651. The minimum atomic E-state index is -4.85. The molecule has 3 rings (SSSR count). The first-order chi connectivity index (χ1) is 12.8. The van der Waals surface area contributed by atoms with Crippen molar-refractivity contribution in [2.45, 2.75) is 25.1 Å². The van der Waals surface area contributed by atoms with Gasteiger partial charge < -0.3 is 10.0 Å². The Kier molecular flexibility index (Phi) is 5.51. The number of aliphatic hydroxyl groups excluding tert-OH is 1. The Hall–Kier alpha value is -2.41. The van der Waals surface area contributed by atoms with Gasteiger partial charge in [0, 0.05) is 18.7 Å². The lowest BCUT2D eigenvalue weighted by atomic mass is 9.87. The van der Waals surface area contributed by atoms with Gasteiger partial charge in [-0.2, -0.15) is 13.2 Å². The molecule has 3 nitrogen and oxygen atoms in total. The van der Waals surface area contributed by atoms with Gasteiger partial charge in [0.1, 0.15) is 5.82 Å². The van der Waals surface area contributed by atoms with Crippen molar-refractivity contribution in [3.63, 3.8) is 0 Å². The quantitative estimate of drug-likeness (QED) is 0.799. The van der Waals surface area contributed by atoms with Gasteiger partial charge in [0.15, 0.2) is 0 Å². The lowest BCUT2D eigenvalue weighted by molar-refractivity contribution is -0.140. The second kappa shape index (κ2) is 7.68. The number of rotatable bonds is 3. The number of halogens is 4. The maximum atomic E-state index is 13.4. The molecule has 1 atom stereocenters. The van der Waals surface area contributed by atoms with Crippen LogP contribution >= 0.6 is 0 Å². The standard InChI is InChI=1S/C20H19F4NO2/c21-17-7-6-15(12-16(17)20(22,23)24)19(27)25-10-8-14(9-11-25)18(26)13-4-2-1-3-5-13/h1-7,12,14,18,26H,8-11H2/t18-/m1/s1. The van der Waals surface area contributed by atoms with Crippen molar-refractivity contribution in [2.75, 3.05) is 13.1 Å². The minimum absolute atomic E-state index is 0.0320. The molecule has 2 aromatic rings. The van der Waals surface area contributed by atoms with Crippen LogP contribution in [0.1, 0.15) is 40.4 Å². The summed E-state index contributed by atoms with van der Waals surface area (Å²) in [5, 5.41) is 10.5. The third kappa shape index (κ3) is 4.30. The summed E-state index contributed by atoms with van der Waals surface area (Å²) in [6, 6.07) is 11.5. The number of carbonyl (C=O) groups is 1. The smallest absolute Gasteiger partial charge is 0.388 e. The van der Waals surface area contributed by atoms with Crippen LogP contribution in [0.3, 0.4) is 0 Å². The molecule has 1 fully saturated rings. The third-order valence-electron chi connectivity index (χ3n) is 4.93. The molecule has 0 aromatic heterocycles. The highest BCUT2D eigenvalue weighted by molar-refractivity contribution is 5.94. The lowest BCUT2D eigenvalue weighted by Gasteiger charge is -2.34. The van der Waals surface area contributed by atoms with E-state index in [4.69, 9.17) is 0 Å². The fourth-order valence-electron chi connectivity index (χ4n) is 3.40. The van der Waals surface area contributed by atoms with Crippen LogP contribution in [0.15, 0.2) is 48.5 Å². The predicted molar refractivity (Wildman–Crippen MR) is 91.4 cm³/mol. The highest BCUT2D eigenvalue weighted by Gasteiger charge is 2.35. The molecule has 1 heterocycles. The molecule has 1 saturated heterocycles. The molecule has 1 amide bonds. The summed E-state index contributed by atoms with van der Waals surface area (Å²) in [5.41, 5.74) is -0.829. The van der Waals surface area contributed by atoms with Gasteiger partial charge in [-0.25, -0.2) is 4.39 Å². The monoisotopic (exact) mass is 381 g/mol. The summed E-state index contributed by atoms with van der Waals surface area (Å²) in [5.74, 6) is -1.99. The summed E-state index contributed by atoms with van der Waals surface area (Å²) >= 11 is 0. The number of hydrogen-bond acceptors (Lipinski definition) is 2. The Morgan fingerprint density at radius 3 is 2.30 bits per heavy atom. The van der Waals surface area contributed by atoms with Crippen LogP contribution in [0.5, 0.6) is 0 Å². The Labute approximate surface area is 154 Å². The highest BCUT2D eigenvalue weighted by atomic mass is 19.4. The molecule has 2 aromatic carbocycles. The summed E-state index contributed by atoms with van der Waals surface area (Å²) in [7, 11) is 0. The van der Waals surface area contributed by atoms with E-state index in [9.17, 15) is 27.5 Å². The SMILES string of the molecule is O=C(c1ccc(F)c(C(F)(F)F)c1)N1CCC([C@H](O)c2ccccc2)CC1. The first-order valence-electron chi connectivity index (χ1n) is 8.66. The van der Waals surface area contributed by atoms with Gasteiger partial charge in [-0.05, 0) is 42.5 Å². The van der Waals surface area contributed by atoms with Crippen LogP contribution in [0, 0.1) is 11.7 Å². The van der Waals surface area contributed by atoms with Crippen LogP contribution in [0.4, 0.5) is 17.6 Å². The van der Waals surface area contributed by atoms with Gasteiger partial charge in [-0.3, -0.25) is 4.79 Å². The Bertz CT molecular complexity index is 799. The average molecular weight is 381 g/mol. The normalized spacial score (nSPS) is 17.0. The Balaban J connectivity index is 1.67. The molecule has 144 valence electrons. The second-order valence-corrected chi connectivity index (χ2v) is 6.68. The first kappa shape index (κ1) is 19.4. The average Bonchev–Trinajstić information content (AvgIpc) is 2.67. The number of hydrogen-bond donors (Lipinski definition) is 1. The van der Waals surface area contributed by atoms with Crippen molar-refractivity contribution < 1.29 is 27.5 Å². The van der Waals surface area contributed by atoms with Crippen molar-refractivity contribution in [3.8, 4) is 0 Å². The molecule has 1 aliphatic heterocycles. The van der Waals surface area contributed by atoms with Crippen molar-refractivity contribution >= 4 is 5.91 Å². The molecular weight excluding hydrogens is 362 g/mol. The van der Waals surface area contributed by atoms with Gasteiger partial charge >= 0.3 is 6.18 Å². The van der Waals surface area contributed by atoms with E-state index in [1.807, 2.05) is 30.3 Å². The largest absolute Gasteiger partial charge is 0.419 e. The van der Waals surface area contributed by atoms with Crippen molar-refractivity contribution in [1.82, 2.24) is 4.90 Å². The molecule has 27 heavy (non-hydrogen) atoms. The van der Waals surface area contributed by atoms with E-state index in [0.717, 1.165) is 11.6 Å². The zero-order valence-corrected chi connectivity index (χ0v) is 14.4. The van der Waals surface area contributed by atoms with Gasteiger partial charge in [0.05, 0.1) is 11.7 Å². The fourth-order valence-corrected chi connectivity index (χ4v) is 3.40. The zero-order valence-electron chi connectivity index (χ0n) is 14.4. The van der Waals surface area contributed by atoms with E-state index >= 15 is 0 Å². The summed E-state index contributed by atoms with van der Waals surface area (Å²) in [6.07, 6.45) is -4.43. The topological polar surface area (TPSA) is 40.5 Å².